The third-order valence-electron chi connectivity index (χ3n) is 14.5. The molecule has 5 atom stereocenters. The first-order valence-electron chi connectivity index (χ1n) is 25.0. The fraction of sp³-hybridized carbons (Fsp3) is 0.536. The maximum Gasteiger partial charge on any atom is 0.252 e. The third-order valence-corrected chi connectivity index (χ3v) is 15.4. The molecule has 2 aliphatic carbocycles. The normalized spacial score (nSPS) is 21.4. The Hall–Kier alpha value is -4.89. The van der Waals surface area contributed by atoms with Crippen LogP contribution in [0.3, 0.4) is 0 Å². The number of aromatic nitrogens is 1. The van der Waals surface area contributed by atoms with Gasteiger partial charge in [-0.2, -0.15) is 0 Å². The Bertz CT molecular complexity index is 2560. The lowest BCUT2D eigenvalue weighted by atomic mass is 9.84. The van der Waals surface area contributed by atoms with Gasteiger partial charge in [0.25, 0.3) is 5.91 Å². The molecule has 1 aromatic heterocycles. The van der Waals surface area contributed by atoms with Crippen LogP contribution in [0.15, 0.2) is 71.7 Å². The monoisotopic (exact) mass is 982 g/mol. The summed E-state index contributed by atoms with van der Waals surface area (Å²) < 4.78 is 59.6. The van der Waals surface area contributed by atoms with Crippen molar-refractivity contribution < 1.29 is 42.1 Å². The van der Waals surface area contributed by atoms with E-state index in [1.807, 2.05) is 87.5 Å². The number of unbranched alkanes of at least 4 members (excludes halogenated alkanes) is 3. The van der Waals surface area contributed by atoms with E-state index in [0.29, 0.717) is 51.6 Å². The van der Waals surface area contributed by atoms with Crippen LogP contribution in [0.1, 0.15) is 133 Å². The second-order valence-corrected chi connectivity index (χ2v) is 22.5. The number of thiazole rings is 1. The van der Waals surface area contributed by atoms with E-state index in [-0.39, 0.29) is 61.6 Å². The van der Waals surface area contributed by atoms with Gasteiger partial charge in [-0.15, -0.1) is 11.3 Å². The van der Waals surface area contributed by atoms with Gasteiger partial charge in [-0.05, 0) is 118 Å². The number of aliphatic hydroxyl groups excluding tert-OH is 1. The SMILES string of the molecule is Cc1ncsc1-c1ccc(CCC(=O)[C@@H]2C[C@@H](O)CN2C(=O)[C@@H](NC(=O)C2(OCCCCCCOc3cc(F)c([C@@H]4C5=C(C[C@@H](C)N4CC(C)(C)F)c4ccccc4C5)c(F)c3)CC2)C(C)(C)C)cc1. The van der Waals surface area contributed by atoms with Gasteiger partial charge in [0.1, 0.15) is 34.7 Å². The van der Waals surface area contributed by atoms with E-state index in [1.54, 1.807) is 11.3 Å². The predicted octanol–water partition coefficient (Wildman–Crippen LogP) is 10.5. The first-order chi connectivity index (χ1) is 33.2. The van der Waals surface area contributed by atoms with Gasteiger partial charge >= 0.3 is 0 Å². The zero-order valence-corrected chi connectivity index (χ0v) is 42.5. The molecule has 2 fully saturated rings. The standard InChI is InChI=1S/C56H69F3N4O6S/c1-34-26-42-41-15-11-10-14-38(41)27-43(42)49(63(34)32-55(6,7)59)48-44(57)29-40(30-45(48)58)68-24-12-8-9-13-25-69-56(22-23-56)53(67)61-51(54(3,4)5)52(66)62-31-39(64)28-46(62)47(65)21-18-36-16-19-37(20-17-36)50-35(2)60-33-70-50/h10-11,14-17,19-20,29-30,33-34,39,46,49,51,64H,8-9,12-13,18,21-28,31-32H2,1-7H3,(H,61,67)/t34-,39-,46+,49+,51-/m1/s1. The number of nitrogens with zero attached hydrogens (tertiary/aromatic N) is 3. The van der Waals surface area contributed by atoms with E-state index >= 15 is 13.2 Å². The number of fused-ring (bicyclic) bond motifs is 2. The molecule has 2 N–H and O–H groups in total. The number of likely N-dealkylation sites (tertiary alicyclic amines) is 1. The molecular weight excluding hydrogens is 914 g/mol. The molecule has 2 amide bonds. The summed E-state index contributed by atoms with van der Waals surface area (Å²) in [5.74, 6) is -2.21. The van der Waals surface area contributed by atoms with Crippen LogP contribution < -0.4 is 10.1 Å². The number of nitrogens with one attached hydrogen (secondary N) is 1. The van der Waals surface area contributed by atoms with Crippen LogP contribution in [0, 0.1) is 24.0 Å². The second-order valence-electron chi connectivity index (χ2n) is 21.7. The minimum absolute atomic E-state index is 0.0165. The number of hydrogen-bond donors (Lipinski definition) is 2. The number of hydrogen-bond acceptors (Lipinski definition) is 9. The Morgan fingerprint density at radius 2 is 1.66 bits per heavy atom. The molecule has 376 valence electrons. The number of benzene rings is 3. The Labute approximate surface area is 415 Å². The van der Waals surface area contributed by atoms with Gasteiger partial charge in [0.05, 0.1) is 40.9 Å². The molecule has 70 heavy (non-hydrogen) atoms. The summed E-state index contributed by atoms with van der Waals surface area (Å²) in [5, 5.41) is 13.7. The highest BCUT2D eigenvalue weighted by atomic mass is 32.1. The number of carbonyl (C=O) groups is 3. The lowest BCUT2D eigenvalue weighted by Crippen LogP contribution is -2.58. The molecule has 1 saturated heterocycles. The number of alkyl halides is 1. The van der Waals surface area contributed by atoms with Gasteiger partial charge in [-0.1, -0.05) is 75.7 Å². The summed E-state index contributed by atoms with van der Waals surface area (Å²) in [6.07, 6.45) is 5.15. The highest BCUT2D eigenvalue weighted by Gasteiger charge is 2.54. The van der Waals surface area contributed by atoms with Crippen LogP contribution in [-0.2, 0) is 32.0 Å². The number of aliphatic hydroxyl groups is 1. The summed E-state index contributed by atoms with van der Waals surface area (Å²) in [6.45, 7) is 13.2. The van der Waals surface area contributed by atoms with E-state index in [4.69, 9.17) is 9.47 Å². The van der Waals surface area contributed by atoms with Crippen LogP contribution in [0.5, 0.6) is 5.75 Å². The Balaban J connectivity index is 0.796. The van der Waals surface area contributed by atoms with E-state index < -0.39 is 58.5 Å². The van der Waals surface area contributed by atoms with E-state index in [1.165, 1.54) is 30.9 Å². The molecule has 10 nitrogen and oxygen atoms in total. The number of rotatable bonds is 20. The van der Waals surface area contributed by atoms with Gasteiger partial charge < -0.3 is 24.8 Å². The Morgan fingerprint density at radius 3 is 2.30 bits per heavy atom. The highest BCUT2D eigenvalue weighted by molar-refractivity contribution is 7.13. The average Bonchev–Trinajstić information content (AvgIpc) is 3.58. The van der Waals surface area contributed by atoms with Crippen LogP contribution in [0.25, 0.3) is 16.0 Å². The van der Waals surface area contributed by atoms with Crippen LogP contribution in [0.4, 0.5) is 13.2 Å². The molecule has 1 saturated carbocycles. The molecule has 3 heterocycles. The van der Waals surface area contributed by atoms with Crippen molar-refractivity contribution in [2.45, 2.75) is 161 Å². The van der Waals surface area contributed by atoms with Crippen molar-refractivity contribution in [3.63, 3.8) is 0 Å². The van der Waals surface area contributed by atoms with Crippen LogP contribution in [-0.4, -0.2) is 99.3 Å². The van der Waals surface area contributed by atoms with Gasteiger partial charge in [-0.25, -0.2) is 18.2 Å². The minimum atomic E-state index is -1.57. The zero-order valence-electron chi connectivity index (χ0n) is 41.7. The fourth-order valence-corrected chi connectivity index (χ4v) is 11.4. The highest BCUT2D eigenvalue weighted by Crippen LogP contribution is 2.50. The molecule has 0 bridgehead atoms. The van der Waals surface area contributed by atoms with Gasteiger partial charge in [0.2, 0.25) is 5.91 Å². The number of amides is 2. The number of ether oxygens (including phenoxy) is 2. The number of β-amino-alcohol motifs (C(OH)–C–C–N with tert-alkyl or cyclic N) is 1. The summed E-state index contributed by atoms with van der Waals surface area (Å²) in [4.78, 5) is 50.5. The summed E-state index contributed by atoms with van der Waals surface area (Å²) in [5.41, 5.74) is 5.73. The topological polar surface area (TPSA) is 121 Å². The van der Waals surface area contributed by atoms with Crippen molar-refractivity contribution in [1.82, 2.24) is 20.1 Å². The van der Waals surface area contributed by atoms with Crippen molar-refractivity contribution in [1.29, 1.82) is 0 Å². The first kappa shape index (κ1) is 51.5. The minimum Gasteiger partial charge on any atom is -0.493 e. The molecule has 0 radical (unpaired) electrons. The lowest BCUT2D eigenvalue weighted by Gasteiger charge is -2.44. The molecule has 0 unspecified atom stereocenters. The third kappa shape index (κ3) is 11.6. The van der Waals surface area contributed by atoms with Gasteiger partial charge in [0, 0.05) is 56.3 Å². The summed E-state index contributed by atoms with van der Waals surface area (Å²) in [6, 6.07) is 16.0. The second kappa shape index (κ2) is 21.1. The molecule has 3 aromatic carbocycles. The smallest absolute Gasteiger partial charge is 0.252 e. The zero-order chi connectivity index (χ0) is 50.1. The molecule has 0 spiro atoms. The Morgan fingerprint density at radius 1 is 0.971 bits per heavy atom. The number of halogens is 3. The Kier molecular flexibility index (Phi) is 15.5. The van der Waals surface area contributed by atoms with Crippen LogP contribution >= 0.6 is 11.3 Å². The molecule has 4 aromatic rings. The number of aryl methyl sites for hydroxylation is 2. The average molecular weight is 983 g/mol. The lowest BCUT2D eigenvalue weighted by molar-refractivity contribution is -0.147. The van der Waals surface area contributed by atoms with Crippen molar-refractivity contribution in [3.05, 3.63) is 111 Å². The van der Waals surface area contributed by atoms with Gasteiger partial charge in [-0.3, -0.25) is 19.3 Å². The maximum atomic E-state index is 16.2. The summed E-state index contributed by atoms with van der Waals surface area (Å²) in [7, 11) is 0. The van der Waals surface area contributed by atoms with Crippen molar-refractivity contribution >= 4 is 34.5 Å². The molecule has 14 heteroatoms. The quantitative estimate of drug-likeness (QED) is 0.0840. The molecule has 2 aliphatic heterocycles. The summed E-state index contributed by atoms with van der Waals surface area (Å²) >= 11 is 1.58. The number of Topliss-reactive ketones (excluding diaryl/α,β-unsaturated/α-hetero) is 1. The molecule has 8 rings (SSSR count). The molecular formula is C56H69F3N4O6S. The van der Waals surface area contributed by atoms with Crippen molar-refractivity contribution in [2.24, 2.45) is 5.41 Å². The van der Waals surface area contributed by atoms with E-state index in [2.05, 4.69) is 16.4 Å². The van der Waals surface area contributed by atoms with E-state index in [0.717, 1.165) is 56.8 Å². The van der Waals surface area contributed by atoms with E-state index in [9.17, 15) is 19.5 Å². The first-order valence-corrected chi connectivity index (χ1v) is 25.9. The van der Waals surface area contributed by atoms with Gasteiger partial charge in [0.15, 0.2) is 5.78 Å². The van der Waals surface area contributed by atoms with Crippen LogP contribution in [0.2, 0.25) is 0 Å². The molecule has 4 aliphatic rings. The predicted molar refractivity (Wildman–Crippen MR) is 267 cm³/mol. The van der Waals surface area contributed by atoms with Crippen molar-refractivity contribution in [3.8, 4) is 16.2 Å². The fourth-order valence-electron chi connectivity index (χ4n) is 10.6. The number of ketones is 1. The maximum absolute atomic E-state index is 16.2. The number of carbonyl (C=O) groups excluding carboxylic acids is 3. The van der Waals surface area contributed by atoms with Crippen molar-refractivity contribution in [2.75, 3.05) is 26.3 Å². The largest absolute Gasteiger partial charge is 0.493 e.